The summed E-state index contributed by atoms with van der Waals surface area (Å²) in [6.45, 7) is 7.76. The van der Waals surface area contributed by atoms with Gasteiger partial charge >= 0.3 is 0 Å². The molecule has 0 aliphatic carbocycles. The number of nitrogens with one attached hydrogen (secondary N) is 1. The van der Waals surface area contributed by atoms with Gasteiger partial charge in [0.05, 0.1) is 11.7 Å². The summed E-state index contributed by atoms with van der Waals surface area (Å²) in [6, 6.07) is 0. The van der Waals surface area contributed by atoms with Crippen LogP contribution in [-0.4, -0.2) is 25.3 Å². The molecule has 1 aliphatic rings. The molecular weight excluding hydrogens is 162 g/mol. The molecule has 0 amide bonds. The average Bonchev–Trinajstić information content (AvgIpc) is 2.30. The zero-order valence-electron chi connectivity index (χ0n) is 9.39. The SMILES string of the molecule is CNCC(C)CC1CCC(C)(C)O1. The van der Waals surface area contributed by atoms with Crippen molar-refractivity contribution in [2.45, 2.75) is 51.7 Å². The third-order valence-electron chi connectivity index (χ3n) is 2.77. The Bertz CT molecular complexity index is 156. The van der Waals surface area contributed by atoms with Crippen molar-refractivity contribution in [3.05, 3.63) is 0 Å². The fourth-order valence-corrected chi connectivity index (χ4v) is 2.12. The van der Waals surface area contributed by atoms with Gasteiger partial charge in [0.25, 0.3) is 0 Å². The van der Waals surface area contributed by atoms with E-state index in [9.17, 15) is 0 Å². The molecule has 0 radical (unpaired) electrons. The smallest absolute Gasteiger partial charge is 0.0631 e. The van der Waals surface area contributed by atoms with Gasteiger partial charge in [-0.2, -0.15) is 0 Å². The minimum absolute atomic E-state index is 0.129. The summed E-state index contributed by atoms with van der Waals surface area (Å²) in [6.07, 6.45) is 4.15. The van der Waals surface area contributed by atoms with Crippen LogP contribution in [0, 0.1) is 5.92 Å². The molecule has 2 atom stereocenters. The van der Waals surface area contributed by atoms with Gasteiger partial charge < -0.3 is 10.1 Å². The lowest BCUT2D eigenvalue weighted by atomic mass is 10.00. The first kappa shape index (κ1) is 11.0. The van der Waals surface area contributed by atoms with E-state index in [1.54, 1.807) is 0 Å². The first-order chi connectivity index (χ1) is 6.03. The minimum Gasteiger partial charge on any atom is -0.372 e. The highest BCUT2D eigenvalue weighted by Crippen LogP contribution is 2.32. The topological polar surface area (TPSA) is 21.3 Å². The second-order valence-corrected chi connectivity index (χ2v) is 4.94. The highest BCUT2D eigenvalue weighted by Gasteiger charge is 2.31. The minimum atomic E-state index is 0.129. The predicted molar refractivity (Wildman–Crippen MR) is 55.9 cm³/mol. The van der Waals surface area contributed by atoms with E-state index < -0.39 is 0 Å². The van der Waals surface area contributed by atoms with E-state index in [1.165, 1.54) is 19.3 Å². The summed E-state index contributed by atoms with van der Waals surface area (Å²) in [4.78, 5) is 0. The lowest BCUT2D eigenvalue weighted by Crippen LogP contribution is -2.24. The van der Waals surface area contributed by atoms with Gasteiger partial charge in [-0.3, -0.25) is 0 Å². The van der Waals surface area contributed by atoms with E-state index in [4.69, 9.17) is 4.74 Å². The highest BCUT2D eigenvalue weighted by molar-refractivity contribution is 4.81. The molecule has 2 nitrogen and oxygen atoms in total. The van der Waals surface area contributed by atoms with Gasteiger partial charge in [-0.05, 0) is 52.6 Å². The van der Waals surface area contributed by atoms with Crippen molar-refractivity contribution in [3.63, 3.8) is 0 Å². The van der Waals surface area contributed by atoms with Gasteiger partial charge in [-0.25, -0.2) is 0 Å². The molecule has 1 fully saturated rings. The monoisotopic (exact) mass is 185 g/mol. The van der Waals surface area contributed by atoms with Crippen LogP contribution in [0.3, 0.4) is 0 Å². The molecule has 78 valence electrons. The van der Waals surface area contributed by atoms with E-state index in [1.807, 2.05) is 7.05 Å². The summed E-state index contributed by atoms with van der Waals surface area (Å²) in [5.74, 6) is 0.726. The first-order valence-corrected chi connectivity index (χ1v) is 5.36. The Balaban J connectivity index is 2.24. The lowest BCUT2D eigenvalue weighted by molar-refractivity contribution is -0.0234. The molecule has 1 N–H and O–H groups in total. The molecule has 1 rings (SSSR count). The number of ether oxygens (including phenoxy) is 1. The van der Waals surface area contributed by atoms with Crippen molar-refractivity contribution in [2.24, 2.45) is 5.92 Å². The molecule has 0 aromatic rings. The van der Waals surface area contributed by atoms with Crippen LogP contribution in [0.2, 0.25) is 0 Å². The van der Waals surface area contributed by atoms with Crippen LogP contribution in [0.5, 0.6) is 0 Å². The third-order valence-corrected chi connectivity index (χ3v) is 2.77. The average molecular weight is 185 g/mol. The van der Waals surface area contributed by atoms with Gasteiger partial charge in [0.1, 0.15) is 0 Å². The Kier molecular flexibility index (Phi) is 3.74. The molecule has 0 spiro atoms. The van der Waals surface area contributed by atoms with Crippen molar-refractivity contribution in [1.82, 2.24) is 5.32 Å². The van der Waals surface area contributed by atoms with Crippen molar-refractivity contribution in [3.8, 4) is 0 Å². The molecular formula is C11H23NO. The van der Waals surface area contributed by atoms with Gasteiger partial charge in [0, 0.05) is 0 Å². The van der Waals surface area contributed by atoms with E-state index in [0.29, 0.717) is 6.10 Å². The van der Waals surface area contributed by atoms with E-state index in [0.717, 1.165) is 12.5 Å². The van der Waals surface area contributed by atoms with Crippen molar-refractivity contribution >= 4 is 0 Å². The Morgan fingerprint density at radius 1 is 1.54 bits per heavy atom. The predicted octanol–water partition coefficient (Wildman–Crippen LogP) is 2.19. The zero-order chi connectivity index (χ0) is 9.90. The second kappa shape index (κ2) is 4.43. The Morgan fingerprint density at radius 3 is 2.69 bits per heavy atom. The Morgan fingerprint density at radius 2 is 2.23 bits per heavy atom. The quantitative estimate of drug-likeness (QED) is 0.725. The molecule has 0 aromatic heterocycles. The van der Waals surface area contributed by atoms with Crippen molar-refractivity contribution in [1.29, 1.82) is 0 Å². The molecule has 1 aliphatic heterocycles. The Labute approximate surface area is 82.0 Å². The molecule has 2 heteroatoms. The standard InChI is InChI=1S/C11H23NO/c1-9(8-12-4)7-10-5-6-11(2,3)13-10/h9-10,12H,5-8H2,1-4H3. The van der Waals surface area contributed by atoms with E-state index in [2.05, 4.69) is 26.1 Å². The number of hydrogen-bond acceptors (Lipinski definition) is 2. The normalized spacial score (nSPS) is 29.1. The lowest BCUT2D eigenvalue weighted by Gasteiger charge is -2.21. The van der Waals surface area contributed by atoms with Crippen LogP contribution >= 0.6 is 0 Å². The molecule has 13 heavy (non-hydrogen) atoms. The van der Waals surface area contributed by atoms with Crippen LogP contribution in [-0.2, 0) is 4.74 Å². The third kappa shape index (κ3) is 3.65. The number of hydrogen-bond donors (Lipinski definition) is 1. The van der Waals surface area contributed by atoms with Crippen LogP contribution in [0.4, 0.5) is 0 Å². The molecule has 1 saturated heterocycles. The maximum Gasteiger partial charge on any atom is 0.0631 e. The van der Waals surface area contributed by atoms with Gasteiger partial charge in [0.2, 0.25) is 0 Å². The van der Waals surface area contributed by atoms with Crippen LogP contribution in [0.1, 0.15) is 40.0 Å². The zero-order valence-corrected chi connectivity index (χ0v) is 9.39. The molecule has 0 aromatic carbocycles. The summed E-state index contributed by atoms with van der Waals surface area (Å²) >= 11 is 0. The maximum absolute atomic E-state index is 5.94. The summed E-state index contributed by atoms with van der Waals surface area (Å²) in [5, 5.41) is 3.21. The highest BCUT2D eigenvalue weighted by atomic mass is 16.5. The maximum atomic E-state index is 5.94. The molecule has 0 bridgehead atoms. The van der Waals surface area contributed by atoms with Crippen molar-refractivity contribution in [2.75, 3.05) is 13.6 Å². The van der Waals surface area contributed by atoms with Crippen molar-refractivity contribution < 1.29 is 4.74 Å². The fraction of sp³-hybridized carbons (Fsp3) is 1.00. The number of rotatable bonds is 4. The van der Waals surface area contributed by atoms with Gasteiger partial charge in [-0.1, -0.05) is 6.92 Å². The van der Waals surface area contributed by atoms with E-state index >= 15 is 0 Å². The van der Waals surface area contributed by atoms with Gasteiger partial charge in [0.15, 0.2) is 0 Å². The van der Waals surface area contributed by atoms with Gasteiger partial charge in [-0.15, -0.1) is 0 Å². The van der Waals surface area contributed by atoms with Crippen LogP contribution in [0.15, 0.2) is 0 Å². The van der Waals surface area contributed by atoms with Crippen LogP contribution in [0.25, 0.3) is 0 Å². The Hall–Kier alpha value is -0.0800. The largest absolute Gasteiger partial charge is 0.372 e. The summed E-state index contributed by atoms with van der Waals surface area (Å²) in [5.41, 5.74) is 0.129. The molecule has 1 heterocycles. The first-order valence-electron chi connectivity index (χ1n) is 5.36. The second-order valence-electron chi connectivity index (χ2n) is 4.94. The molecule has 0 saturated carbocycles. The summed E-state index contributed by atoms with van der Waals surface area (Å²) < 4.78 is 5.94. The van der Waals surface area contributed by atoms with Crippen LogP contribution < -0.4 is 5.32 Å². The van der Waals surface area contributed by atoms with E-state index in [-0.39, 0.29) is 5.60 Å². The molecule has 2 unspecified atom stereocenters. The fourth-order valence-electron chi connectivity index (χ4n) is 2.12. The summed E-state index contributed by atoms with van der Waals surface area (Å²) in [7, 11) is 2.01.